The van der Waals surface area contributed by atoms with E-state index in [1.54, 1.807) is 4.90 Å². The van der Waals surface area contributed by atoms with Crippen LogP contribution in [0.4, 0.5) is 28.4 Å². The minimum Gasteiger partial charge on any atom is -0.399 e. The monoisotopic (exact) mass is 437 g/mol. The van der Waals surface area contributed by atoms with Gasteiger partial charge in [0.2, 0.25) is 0 Å². The summed E-state index contributed by atoms with van der Waals surface area (Å²) in [4.78, 5) is 23.3. The van der Waals surface area contributed by atoms with Crippen LogP contribution < -0.4 is 15.4 Å². The minimum absolute atomic E-state index is 0.135. The smallest absolute Gasteiger partial charge is 0.301 e. The molecule has 0 aliphatic carbocycles. The number of nitrogens with zero attached hydrogens (tertiary/aromatic N) is 3. The van der Waals surface area contributed by atoms with Crippen LogP contribution in [0.2, 0.25) is 0 Å². The van der Waals surface area contributed by atoms with Gasteiger partial charge in [-0.3, -0.25) is 25.0 Å². The van der Waals surface area contributed by atoms with E-state index >= 15 is 0 Å². The summed E-state index contributed by atoms with van der Waals surface area (Å²) < 4.78 is 27.4. The predicted molar refractivity (Wildman–Crippen MR) is 114 cm³/mol. The maximum Gasteiger partial charge on any atom is 0.301 e. The van der Waals surface area contributed by atoms with Crippen LogP contribution in [-0.2, 0) is 10.0 Å². The van der Waals surface area contributed by atoms with Crippen LogP contribution in [-0.4, -0.2) is 31.4 Å². The number of nitro benzene ring substituents is 2. The van der Waals surface area contributed by atoms with Gasteiger partial charge in [-0.1, -0.05) is 13.8 Å². The van der Waals surface area contributed by atoms with E-state index in [1.807, 2.05) is 13.8 Å². The summed E-state index contributed by atoms with van der Waals surface area (Å²) >= 11 is 0. The van der Waals surface area contributed by atoms with E-state index in [4.69, 9.17) is 5.73 Å². The van der Waals surface area contributed by atoms with E-state index in [-0.39, 0.29) is 16.3 Å². The fraction of sp³-hybridized carbons (Fsp3) is 0.333. The van der Waals surface area contributed by atoms with E-state index in [9.17, 15) is 28.6 Å². The van der Waals surface area contributed by atoms with E-state index in [1.165, 1.54) is 24.3 Å². The zero-order valence-electron chi connectivity index (χ0n) is 16.6. The number of nitro groups is 2. The van der Waals surface area contributed by atoms with Gasteiger partial charge in [-0.15, -0.1) is 0 Å². The van der Waals surface area contributed by atoms with Crippen LogP contribution in [0, 0.1) is 20.2 Å². The Morgan fingerprint density at radius 1 is 0.967 bits per heavy atom. The quantitative estimate of drug-likeness (QED) is 0.324. The number of hydrogen-bond donors (Lipinski definition) is 2. The Bertz CT molecular complexity index is 999. The van der Waals surface area contributed by atoms with Crippen molar-refractivity contribution < 1.29 is 18.3 Å². The molecule has 0 aliphatic heterocycles. The highest BCUT2D eigenvalue weighted by Gasteiger charge is 2.31. The molecule has 0 aliphatic rings. The highest BCUT2D eigenvalue weighted by Crippen LogP contribution is 2.41. The molecule has 0 amide bonds. The van der Waals surface area contributed by atoms with Crippen LogP contribution in [0.1, 0.15) is 26.7 Å². The first-order valence-electron chi connectivity index (χ1n) is 9.20. The maximum atomic E-state index is 12.6. The molecule has 0 spiro atoms. The maximum absolute atomic E-state index is 12.6. The molecule has 3 N–H and O–H groups in total. The number of hydrogen-bond acceptors (Lipinski definition) is 8. The lowest BCUT2D eigenvalue weighted by Crippen LogP contribution is -2.26. The zero-order valence-corrected chi connectivity index (χ0v) is 17.4. The number of sulfonamides is 1. The van der Waals surface area contributed by atoms with Gasteiger partial charge in [0.05, 0.1) is 20.4 Å². The third-order valence-electron chi connectivity index (χ3n) is 4.21. The van der Waals surface area contributed by atoms with E-state index in [0.717, 1.165) is 12.1 Å². The lowest BCUT2D eigenvalue weighted by atomic mass is 10.1. The van der Waals surface area contributed by atoms with Crippen molar-refractivity contribution in [3.63, 3.8) is 0 Å². The van der Waals surface area contributed by atoms with Crippen LogP contribution in [0.25, 0.3) is 0 Å². The van der Waals surface area contributed by atoms with Crippen molar-refractivity contribution >= 4 is 38.5 Å². The predicted octanol–water partition coefficient (Wildman–Crippen LogP) is 3.51. The van der Waals surface area contributed by atoms with Crippen molar-refractivity contribution in [1.82, 2.24) is 0 Å². The first kappa shape index (κ1) is 22.9. The van der Waals surface area contributed by atoms with Crippen molar-refractivity contribution in [3.8, 4) is 0 Å². The zero-order chi connectivity index (χ0) is 22.5. The minimum atomic E-state index is -4.13. The SMILES string of the molecule is CCCN(CCC)c1c([N+](=O)[O-])cc(NS(=O)(=O)c2ccc(N)cc2)cc1[N+](=O)[O-]. The first-order chi connectivity index (χ1) is 14.1. The van der Waals surface area contributed by atoms with Gasteiger partial charge in [0, 0.05) is 30.9 Å². The summed E-state index contributed by atoms with van der Waals surface area (Å²) in [6.45, 7) is 4.48. The summed E-state index contributed by atoms with van der Waals surface area (Å²) in [7, 11) is -4.13. The lowest BCUT2D eigenvalue weighted by Gasteiger charge is -2.23. The molecule has 0 aromatic heterocycles. The van der Waals surface area contributed by atoms with E-state index < -0.39 is 31.2 Å². The molecule has 0 bridgehead atoms. The molecule has 0 unspecified atom stereocenters. The highest BCUT2D eigenvalue weighted by molar-refractivity contribution is 7.92. The van der Waals surface area contributed by atoms with Gasteiger partial charge in [0.25, 0.3) is 10.0 Å². The third-order valence-corrected chi connectivity index (χ3v) is 5.61. The first-order valence-corrected chi connectivity index (χ1v) is 10.7. The molecule has 0 atom stereocenters. The Morgan fingerprint density at radius 3 is 1.83 bits per heavy atom. The molecular formula is C18H23N5O6S. The number of rotatable bonds is 10. The fourth-order valence-corrected chi connectivity index (χ4v) is 4.04. The second kappa shape index (κ2) is 9.39. The lowest BCUT2D eigenvalue weighted by molar-refractivity contribution is -0.392. The number of benzene rings is 2. The molecule has 0 radical (unpaired) electrons. The average Bonchev–Trinajstić information content (AvgIpc) is 2.67. The highest BCUT2D eigenvalue weighted by atomic mass is 32.2. The second-order valence-electron chi connectivity index (χ2n) is 6.54. The molecule has 11 nitrogen and oxygen atoms in total. The van der Waals surface area contributed by atoms with Gasteiger partial charge >= 0.3 is 11.4 Å². The fourth-order valence-electron chi connectivity index (χ4n) is 3.00. The normalized spacial score (nSPS) is 11.1. The summed E-state index contributed by atoms with van der Waals surface area (Å²) in [6.07, 6.45) is 1.25. The number of nitrogens with one attached hydrogen (secondary N) is 1. The van der Waals surface area contributed by atoms with Crippen LogP contribution in [0.5, 0.6) is 0 Å². The largest absolute Gasteiger partial charge is 0.399 e. The van der Waals surface area contributed by atoms with Crippen molar-refractivity contribution in [2.75, 3.05) is 28.4 Å². The molecule has 12 heteroatoms. The van der Waals surface area contributed by atoms with Gasteiger partial charge in [-0.05, 0) is 37.1 Å². The van der Waals surface area contributed by atoms with Crippen LogP contribution >= 0.6 is 0 Å². The van der Waals surface area contributed by atoms with Gasteiger partial charge in [-0.2, -0.15) is 0 Å². The standard InChI is InChI=1S/C18H23N5O6S/c1-3-9-21(10-4-2)18-16(22(24)25)11-14(12-17(18)23(26)27)20-30(28,29)15-7-5-13(19)6-8-15/h5-8,11-12,20H,3-4,9-10,19H2,1-2H3. The van der Waals surface area contributed by atoms with Gasteiger partial charge < -0.3 is 10.6 Å². The van der Waals surface area contributed by atoms with Crippen molar-refractivity contribution in [3.05, 3.63) is 56.6 Å². The summed E-state index contributed by atoms with van der Waals surface area (Å²) in [5.74, 6) is 0. The number of nitrogens with two attached hydrogens (primary N) is 1. The molecule has 0 saturated carbocycles. The third kappa shape index (κ3) is 5.14. The molecule has 2 aromatic carbocycles. The van der Waals surface area contributed by atoms with Gasteiger partial charge in [-0.25, -0.2) is 8.42 Å². The molecule has 30 heavy (non-hydrogen) atoms. The van der Waals surface area contributed by atoms with Gasteiger partial charge in [0.1, 0.15) is 0 Å². The number of nitrogen functional groups attached to an aromatic ring is 1. The van der Waals surface area contributed by atoms with Crippen molar-refractivity contribution in [2.45, 2.75) is 31.6 Å². The average molecular weight is 437 g/mol. The molecule has 2 rings (SSSR count). The van der Waals surface area contributed by atoms with E-state index in [2.05, 4.69) is 4.72 Å². The molecule has 0 saturated heterocycles. The molecule has 2 aromatic rings. The van der Waals surface area contributed by atoms with Crippen LogP contribution in [0.15, 0.2) is 41.3 Å². The van der Waals surface area contributed by atoms with E-state index in [0.29, 0.717) is 31.6 Å². The van der Waals surface area contributed by atoms with Crippen molar-refractivity contribution in [1.29, 1.82) is 0 Å². The van der Waals surface area contributed by atoms with Crippen LogP contribution in [0.3, 0.4) is 0 Å². The molecule has 162 valence electrons. The Kier molecular flexibility index (Phi) is 7.16. The molecular weight excluding hydrogens is 414 g/mol. The Balaban J connectivity index is 2.61. The Morgan fingerprint density at radius 2 is 1.43 bits per heavy atom. The Hall–Kier alpha value is -3.41. The second-order valence-corrected chi connectivity index (χ2v) is 8.22. The van der Waals surface area contributed by atoms with Crippen molar-refractivity contribution in [2.24, 2.45) is 0 Å². The molecule has 0 heterocycles. The Labute approximate surface area is 173 Å². The topological polar surface area (TPSA) is 162 Å². The molecule has 0 fully saturated rings. The summed E-state index contributed by atoms with van der Waals surface area (Å²) in [6, 6.07) is 7.29. The summed E-state index contributed by atoms with van der Waals surface area (Å²) in [5.41, 5.74) is 4.42. The summed E-state index contributed by atoms with van der Waals surface area (Å²) in [5, 5.41) is 23.4. The van der Waals surface area contributed by atoms with Gasteiger partial charge in [0.15, 0.2) is 5.69 Å². The number of anilines is 3.